The molecular weight excluding hydrogens is 348 g/mol. The molecule has 88 valence electrons. The maximum atomic E-state index is 6.03. The van der Waals surface area contributed by atoms with Crippen molar-refractivity contribution in [1.29, 1.82) is 0 Å². The van der Waals surface area contributed by atoms with Gasteiger partial charge in [-0.15, -0.1) is 0 Å². The molecule has 0 aliphatic heterocycles. The zero-order valence-corrected chi connectivity index (χ0v) is 12.1. The maximum absolute atomic E-state index is 6.03. The molecule has 0 atom stereocenters. The molecule has 0 spiro atoms. The molecule has 17 heavy (non-hydrogen) atoms. The van der Waals surface area contributed by atoms with E-state index in [0.717, 1.165) is 0 Å². The number of anilines is 2. The third-order valence-electron chi connectivity index (χ3n) is 1.93. The van der Waals surface area contributed by atoms with Crippen molar-refractivity contribution in [3.8, 4) is 0 Å². The summed E-state index contributed by atoms with van der Waals surface area (Å²) in [5.74, 6) is 0.522. The lowest BCUT2D eigenvalue weighted by Gasteiger charge is -2.09. The normalized spacial score (nSPS) is 10.4. The van der Waals surface area contributed by atoms with Crippen molar-refractivity contribution >= 4 is 62.2 Å². The zero-order chi connectivity index (χ0) is 12.4. The minimum Gasteiger partial charge on any atom is -0.338 e. The Labute approximate surface area is 121 Å². The molecule has 0 amide bonds. The average Bonchev–Trinajstić information content (AvgIpc) is 2.30. The molecule has 0 saturated carbocycles. The first-order valence-corrected chi connectivity index (χ1v) is 6.38. The van der Waals surface area contributed by atoms with Crippen LogP contribution in [-0.2, 0) is 0 Å². The Balaban J connectivity index is 2.38. The van der Waals surface area contributed by atoms with Gasteiger partial charge in [0, 0.05) is 5.02 Å². The quantitative estimate of drug-likeness (QED) is 0.777. The van der Waals surface area contributed by atoms with Gasteiger partial charge >= 0.3 is 0 Å². The molecule has 0 saturated heterocycles. The van der Waals surface area contributed by atoms with E-state index in [4.69, 9.17) is 34.8 Å². The van der Waals surface area contributed by atoms with Crippen LogP contribution in [0.2, 0.25) is 15.2 Å². The predicted molar refractivity (Wildman–Crippen MR) is 74.5 cm³/mol. The lowest BCUT2D eigenvalue weighted by atomic mass is 10.3. The van der Waals surface area contributed by atoms with Crippen LogP contribution < -0.4 is 5.32 Å². The van der Waals surface area contributed by atoms with Crippen LogP contribution in [0, 0.1) is 0 Å². The summed E-state index contributed by atoms with van der Waals surface area (Å²) >= 11 is 21.0. The smallest absolute Gasteiger partial charge is 0.149 e. The molecule has 1 heterocycles. The van der Waals surface area contributed by atoms with Gasteiger partial charge in [-0.1, -0.05) is 34.8 Å². The molecule has 2 aromatic rings. The van der Waals surface area contributed by atoms with Gasteiger partial charge in [0.2, 0.25) is 0 Å². The molecular formula is C10H5BrCl3N3. The van der Waals surface area contributed by atoms with E-state index in [2.05, 4.69) is 31.2 Å². The summed E-state index contributed by atoms with van der Waals surface area (Å²) in [7, 11) is 0. The number of benzene rings is 1. The van der Waals surface area contributed by atoms with E-state index in [0.29, 0.717) is 31.2 Å². The van der Waals surface area contributed by atoms with Crippen LogP contribution in [0.5, 0.6) is 0 Å². The van der Waals surface area contributed by atoms with E-state index >= 15 is 0 Å². The molecule has 1 aromatic heterocycles. The van der Waals surface area contributed by atoms with E-state index in [-0.39, 0.29) is 0 Å². The first-order chi connectivity index (χ1) is 8.08. The highest BCUT2D eigenvalue weighted by Crippen LogP contribution is 2.32. The Kier molecular flexibility index (Phi) is 4.09. The summed E-state index contributed by atoms with van der Waals surface area (Å²) in [6, 6.07) is 5.10. The highest BCUT2D eigenvalue weighted by atomic mass is 79.9. The highest BCUT2D eigenvalue weighted by Gasteiger charge is 2.09. The predicted octanol–water partition coefficient (Wildman–Crippen LogP) is 4.94. The molecule has 1 N–H and O–H groups in total. The fourth-order valence-electron chi connectivity index (χ4n) is 1.16. The summed E-state index contributed by atoms with van der Waals surface area (Å²) < 4.78 is 0.567. The molecule has 1 aromatic carbocycles. The van der Waals surface area contributed by atoms with E-state index in [1.807, 2.05) is 0 Å². The largest absolute Gasteiger partial charge is 0.338 e. The van der Waals surface area contributed by atoms with Gasteiger partial charge in [-0.25, -0.2) is 9.97 Å². The first kappa shape index (κ1) is 12.9. The standard InChI is InChI=1S/C10H5BrCl3N3/c11-8-9(14)15-4-16-10(8)17-7-3-5(12)1-2-6(7)13/h1-4H,(H,15,16,17). The van der Waals surface area contributed by atoms with Gasteiger partial charge in [0.25, 0.3) is 0 Å². The summed E-state index contributed by atoms with van der Waals surface area (Å²) in [6.07, 6.45) is 1.36. The number of nitrogens with zero attached hydrogens (tertiary/aromatic N) is 2. The Morgan fingerprint density at radius 3 is 2.65 bits per heavy atom. The first-order valence-electron chi connectivity index (χ1n) is 4.46. The second-order valence-corrected chi connectivity index (χ2v) is 5.07. The van der Waals surface area contributed by atoms with Crippen molar-refractivity contribution < 1.29 is 0 Å². The van der Waals surface area contributed by atoms with Crippen molar-refractivity contribution in [1.82, 2.24) is 9.97 Å². The molecule has 0 radical (unpaired) electrons. The van der Waals surface area contributed by atoms with Gasteiger partial charge in [0.1, 0.15) is 17.3 Å². The lowest BCUT2D eigenvalue weighted by Crippen LogP contribution is -1.96. The van der Waals surface area contributed by atoms with Gasteiger partial charge in [-0.2, -0.15) is 0 Å². The van der Waals surface area contributed by atoms with Crippen LogP contribution in [0.25, 0.3) is 0 Å². The number of halogens is 4. The van der Waals surface area contributed by atoms with E-state index < -0.39 is 0 Å². The van der Waals surface area contributed by atoms with Gasteiger partial charge in [0.05, 0.1) is 15.2 Å². The SMILES string of the molecule is Clc1ccc(Cl)c(Nc2ncnc(Cl)c2Br)c1. The summed E-state index contributed by atoms with van der Waals surface area (Å²) in [6.45, 7) is 0. The summed E-state index contributed by atoms with van der Waals surface area (Å²) in [5.41, 5.74) is 0.648. The second-order valence-electron chi connectivity index (χ2n) is 3.08. The number of aromatic nitrogens is 2. The van der Waals surface area contributed by atoms with Crippen LogP contribution in [0.3, 0.4) is 0 Å². The number of hydrogen-bond donors (Lipinski definition) is 1. The number of rotatable bonds is 2. The molecule has 0 unspecified atom stereocenters. The van der Waals surface area contributed by atoms with Crippen molar-refractivity contribution in [2.24, 2.45) is 0 Å². The van der Waals surface area contributed by atoms with Crippen LogP contribution in [0.15, 0.2) is 29.0 Å². The Bertz CT molecular complexity index is 562. The summed E-state index contributed by atoms with van der Waals surface area (Å²) in [5, 5.41) is 4.46. The van der Waals surface area contributed by atoms with Gasteiger partial charge in [0.15, 0.2) is 0 Å². The maximum Gasteiger partial charge on any atom is 0.149 e. The van der Waals surface area contributed by atoms with E-state index in [1.165, 1.54) is 6.33 Å². The summed E-state index contributed by atoms with van der Waals surface area (Å²) in [4.78, 5) is 7.88. The highest BCUT2D eigenvalue weighted by molar-refractivity contribution is 9.10. The fourth-order valence-corrected chi connectivity index (χ4v) is 1.93. The third kappa shape index (κ3) is 3.01. The molecule has 0 aliphatic carbocycles. The average molecular weight is 353 g/mol. The molecule has 0 bridgehead atoms. The topological polar surface area (TPSA) is 37.8 Å². The van der Waals surface area contributed by atoms with Crippen LogP contribution in [0.1, 0.15) is 0 Å². The minimum atomic E-state index is 0.320. The molecule has 2 rings (SSSR count). The van der Waals surface area contributed by atoms with Crippen LogP contribution >= 0.6 is 50.7 Å². The van der Waals surface area contributed by atoms with Crippen LogP contribution in [0.4, 0.5) is 11.5 Å². The molecule has 0 aliphatic rings. The van der Waals surface area contributed by atoms with Gasteiger partial charge in [-0.3, -0.25) is 0 Å². The number of hydrogen-bond acceptors (Lipinski definition) is 3. The molecule has 7 heteroatoms. The molecule has 0 fully saturated rings. The third-order valence-corrected chi connectivity index (χ3v) is 3.76. The van der Waals surface area contributed by atoms with Gasteiger partial charge < -0.3 is 5.32 Å². The second kappa shape index (κ2) is 5.40. The Hall–Kier alpha value is -0.550. The van der Waals surface area contributed by atoms with Crippen molar-refractivity contribution in [2.45, 2.75) is 0 Å². The Morgan fingerprint density at radius 1 is 1.12 bits per heavy atom. The minimum absolute atomic E-state index is 0.320. The van der Waals surface area contributed by atoms with Gasteiger partial charge in [-0.05, 0) is 34.1 Å². The number of nitrogens with one attached hydrogen (secondary N) is 1. The van der Waals surface area contributed by atoms with Crippen molar-refractivity contribution in [3.05, 3.63) is 44.2 Å². The van der Waals surface area contributed by atoms with Crippen molar-refractivity contribution in [3.63, 3.8) is 0 Å². The Morgan fingerprint density at radius 2 is 1.88 bits per heavy atom. The van der Waals surface area contributed by atoms with E-state index in [1.54, 1.807) is 18.2 Å². The van der Waals surface area contributed by atoms with E-state index in [9.17, 15) is 0 Å². The molecule has 3 nitrogen and oxygen atoms in total. The fraction of sp³-hybridized carbons (Fsp3) is 0. The monoisotopic (exact) mass is 351 g/mol. The zero-order valence-electron chi connectivity index (χ0n) is 8.22. The van der Waals surface area contributed by atoms with Crippen LogP contribution in [-0.4, -0.2) is 9.97 Å². The lowest BCUT2D eigenvalue weighted by molar-refractivity contribution is 1.15. The van der Waals surface area contributed by atoms with Crippen molar-refractivity contribution in [2.75, 3.05) is 5.32 Å².